The van der Waals surface area contributed by atoms with Gasteiger partial charge < -0.3 is 4.74 Å². The Bertz CT molecular complexity index is 403. The average molecular weight is 237 g/mol. The summed E-state index contributed by atoms with van der Waals surface area (Å²) in [5.74, 6) is -0.502. The maximum atomic E-state index is 10.8. The highest BCUT2D eigenvalue weighted by atomic mass is 16.6. The molecule has 0 rings (SSSR count). The summed E-state index contributed by atoms with van der Waals surface area (Å²) in [4.78, 5) is 21.0. The smallest absolute Gasteiger partial charge is 0.330 e. The van der Waals surface area contributed by atoms with Crippen molar-refractivity contribution < 1.29 is 14.5 Å². The number of rotatable bonds is 5. The maximum Gasteiger partial charge on any atom is 0.330 e. The van der Waals surface area contributed by atoms with E-state index in [2.05, 4.69) is 4.74 Å². The van der Waals surface area contributed by atoms with Gasteiger partial charge in [-0.2, -0.15) is 0 Å². The summed E-state index contributed by atoms with van der Waals surface area (Å²) in [5, 5.41) is 10.7. The molecule has 0 bridgehead atoms. The average Bonchev–Trinajstić information content (AvgIpc) is 2.30. The van der Waals surface area contributed by atoms with Gasteiger partial charge in [-0.05, 0) is 19.4 Å². The molecule has 0 amide bonds. The zero-order chi connectivity index (χ0) is 13.3. The SMILES string of the molecule is C\C=C/C=C(\C=C(C)\C=C\C(=O)OC)[N+](=O)[O-]. The first-order valence-electron chi connectivity index (χ1n) is 4.93. The lowest BCUT2D eigenvalue weighted by Crippen LogP contribution is -1.96. The van der Waals surface area contributed by atoms with Crippen LogP contribution >= 0.6 is 0 Å². The molecule has 0 aromatic heterocycles. The van der Waals surface area contributed by atoms with Crippen LogP contribution < -0.4 is 0 Å². The Morgan fingerprint density at radius 3 is 2.47 bits per heavy atom. The van der Waals surface area contributed by atoms with Crippen LogP contribution in [0, 0.1) is 10.1 Å². The molecular weight excluding hydrogens is 222 g/mol. The molecule has 17 heavy (non-hydrogen) atoms. The van der Waals surface area contributed by atoms with Gasteiger partial charge in [-0.1, -0.05) is 18.2 Å². The van der Waals surface area contributed by atoms with Crippen molar-refractivity contribution in [1.29, 1.82) is 0 Å². The number of nitrogens with zero attached hydrogens (tertiary/aromatic N) is 1. The van der Waals surface area contributed by atoms with Crippen LogP contribution in [-0.4, -0.2) is 18.0 Å². The second-order valence-electron chi connectivity index (χ2n) is 3.12. The molecule has 0 atom stereocenters. The third-order valence-electron chi connectivity index (χ3n) is 1.73. The standard InChI is InChI=1S/C12H15NO4/c1-4-5-6-11(13(15)16)9-10(2)7-8-12(14)17-3/h4-9H,1-3H3/b5-4-,8-7+,10-9+,11-6+. The third-order valence-corrected chi connectivity index (χ3v) is 1.73. The Balaban J connectivity index is 4.89. The summed E-state index contributed by atoms with van der Waals surface area (Å²) in [5.41, 5.74) is 0.540. The van der Waals surface area contributed by atoms with Crippen LogP contribution in [0.3, 0.4) is 0 Å². The van der Waals surface area contributed by atoms with Crippen molar-refractivity contribution in [3.63, 3.8) is 0 Å². The Kier molecular flexibility index (Phi) is 7.01. The minimum absolute atomic E-state index is 0.0462. The van der Waals surface area contributed by atoms with Gasteiger partial charge in [0, 0.05) is 18.2 Å². The number of hydrogen-bond donors (Lipinski definition) is 0. The lowest BCUT2D eigenvalue weighted by molar-refractivity contribution is -0.419. The van der Waals surface area contributed by atoms with Crippen LogP contribution in [0.5, 0.6) is 0 Å². The summed E-state index contributed by atoms with van der Waals surface area (Å²) < 4.78 is 4.41. The van der Waals surface area contributed by atoms with Gasteiger partial charge in [-0.3, -0.25) is 10.1 Å². The molecule has 0 heterocycles. The van der Waals surface area contributed by atoms with E-state index in [-0.39, 0.29) is 5.70 Å². The van der Waals surface area contributed by atoms with Crippen molar-refractivity contribution >= 4 is 5.97 Å². The van der Waals surface area contributed by atoms with E-state index in [1.54, 1.807) is 26.0 Å². The Morgan fingerprint density at radius 2 is 2.00 bits per heavy atom. The summed E-state index contributed by atoms with van der Waals surface area (Å²) >= 11 is 0. The molecule has 0 unspecified atom stereocenters. The lowest BCUT2D eigenvalue weighted by atomic mass is 10.2. The van der Waals surface area contributed by atoms with Gasteiger partial charge in [0.2, 0.25) is 0 Å². The molecule has 0 aromatic carbocycles. The van der Waals surface area contributed by atoms with Crippen LogP contribution in [0.4, 0.5) is 0 Å². The summed E-state index contributed by atoms with van der Waals surface area (Å²) in [6, 6.07) is 0. The molecule has 0 spiro atoms. The summed E-state index contributed by atoms with van der Waals surface area (Å²) in [6.07, 6.45) is 8.69. The fourth-order valence-corrected chi connectivity index (χ4v) is 0.905. The molecule has 5 nitrogen and oxygen atoms in total. The van der Waals surface area contributed by atoms with Crippen LogP contribution in [-0.2, 0) is 9.53 Å². The Morgan fingerprint density at radius 1 is 1.35 bits per heavy atom. The Hall–Kier alpha value is -2.17. The first kappa shape index (κ1) is 14.8. The quantitative estimate of drug-likeness (QED) is 0.242. The van der Waals surface area contributed by atoms with E-state index in [9.17, 15) is 14.9 Å². The van der Waals surface area contributed by atoms with Crippen molar-refractivity contribution in [2.75, 3.05) is 7.11 Å². The van der Waals surface area contributed by atoms with E-state index in [4.69, 9.17) is 0 Å². The first-order chi connectivity index (χ1) is 8.01. The van der Waals surface area contributed by atoms with E-state index in [1.807, 2.05) is 0 Å². The molecule has 5 heteroatoms. The van der Waals surface area contributed by atoms with Crippen molar-refractivity contribution in [3.05, 3.63) is 57.8 Å². The molecule has 0 aliphatic rings. The molecule has 0 aliphatic heterocycles. The number of nitro groups is 1. The number of ether oxygens (including phenoxy) is 1. The number of hydrogen-bond acceptors (Lipinski definition) is 4. The largest absolute Gasteiger partial charge is 0.466 e. The van der Waals surface area contributed by atoms with Crippen LogP contribution in [0.1, 0.15) is 13.8 Å². The van der Waals surface area contributed by atoms with Crippen LogP contribution in [0.15, 0.2) is 47.7 Å². The number of esters is 1. The number of methoxy groups -OCH3 is 1. The molecule has 0 aromatic rings. The van der Waals surface area contributed by atoms with Crippen LogP contribution in [0.25, 0.3) is 0 Å². The Labute approximate surface area is 99.9 Å². The second kappa shape index (κ2) is 8.04. The second-order valence-corrected chi connectivity index (χ2v) is 3.12. The zero-order valence-electron chi connectivity index (χ0n) is 10.0. The van der Waals surface area contributed by atoms with Gasteiger partial charge in [0.25, 0.3) is 5.70 Å². The number of carbonyl (C=O) groups is 1. The predicted molar refractivity (Wildman–Crippen MR) is 64.8 cm³/mol. The molecule has 0 aliphatic carbocycles. The topological polar surface area (TPSA) is 69.4 Å². The summed E-state index contributed by atoms with van der Waals surface area (Å²) in [6.45, 7) is 3.42. The molecular formula is C12H15NO4. The lowest BCUT2D eigenvalue weighted by Gasteiger charge is -1.93. The van der Waals surface area contributed by atoms with Gasteiger partial charge in [0.1, 0.15) is 0 Å². The molecule has 0 fully saturated rings. The fraction of sp³-hybridized carbons (Fsp3) is 0.250. The van der Waals surface area contributed by atoms with Crippen molar-refractivity contribution in [1.82, 2.24) is 0 Å². The number of carbonyl (C=O) groups excluding carboxylic acids is 1. The van der Waals surface area contributed by atoms with Crippen molar-refractivity contribution in [3.8, 4) is 0 Å². The van der Waals surface area contributed by atoms with Crippen molar-refractivity contribution in [2.24, 2.45) is 0 Å². The van der Waals surface area contributed by atoms with E-state index in [0.29, 0.717) is 5.57 Å². The van der Waals surface area contributed by atoms with Gasteiger partial charge in [-0.15, -0.1) is 0 Å². The predicted octanol–water partition coefficient (Wildman–Crippen LogP) is 2.40. The highest BCUT2D eigenvalue weighted by Crippen LogP contribution is 2.05. The molecule has 92 valence electrons. The van der Waals surface area contributed by atoms with E-state index >= 15 is 0 Å². The molecule has 0 saturated carbocycles. The molecule has 0 N–H and O–H groups in total. The fourth-order valence-electron chi connectivity index (χ4n) is 0.905. The van der Waals surface area contributed by atoms with Gasteiger partial charge >= 0.3 is 5.97 Å². The maximum absolute atomic E-state index is 10.8. The van der Waals surface area contributed by atoms with Gasteiger partial charge in [0.05, 0.1) is 12.0 Å². The number of allylic oxidation sites excluding steroid dienone is 6. The minimum Gasteiger partial charge on any atom is -0.466 e. The van der Waals surface area contributed by atoms with Gasteiger partial charge in [-0.25, -0.2) is 4.79 Å². The van der Waals surface area contributed by atoms with E-state index < -0.39 is 10.9 Å². The zero-order valence-corrected chi connectivity index (χ0v) is 10.0. The van der Waals surface area contributed by atoms with Crippen molar-refractivity contribution in [2.45, 2.75) is 13.8 Å². The molecule has 0 saturated heterocycles. The normalized spacial score (nSPS) is 13.4. The van der Waals surface area contributed by atoms with Gasteiger partial charge in [0.15, 0.2) is 0 Å². The third kappa shape index (κ3) is 6.83. The van der Waals surface area contributed by atoms with E-state index in [1.165, 1.54) is 31.4 Å². The monoisotopic (exact) mass is 237 g/mol. The molecule has 0 radical (unpaired) electrons. The minimum atomic E-state index is -0.502. The van der Waals surface area contributed by atoms with Crippen LogP contribution in [0.2, 0.25) is 0 Å². The highest BCUT2D eigenvalue weighted by molar-refractivity contribution is 5.82. The highest BCUT2D eigenvalue weighted by Gasteiger charge is 2.04. The summed E-state index contributed by atoms with van der Waals surface area (Å²) in [7, 11) is 1.26. The first-order valence-corrected chi connectivity index (χ1v) is 4.93. The van der Waals surface area contributed by atoms with E-state index in [0.717, 1.165) is 0 Å².